The van der Waals surface area contributed by atoms with Gasteiger partial charge >= 0.3 is 0 Å². The number of nitrogens with one attached hydrogen (secondary N) is 1. The first-order valence-electron chi connectivity index (χ1n) is 9.69. The number of thiophene rings is 2. The van der Waals surface area contributed by atoms with E-state index in [9.17, 15) is 14.4 Å². The molecular formula is C23H19N3O3S3. The Morgan fingerprint density at radius 3 is 2.75 bits per heavy atom. The number of thioether (sulfide) groups is 1. The van der Waals surface area contributed by atoms with Gasteiger partial charge in [-0.05, 0) is 30.5 Å². The number of para-hydroxylation sites is 1. The lowest BCUT2D eigenvalue weighted by Crippen LogP contribution is -2.23. The van der Waals surface area contributed by atoms with Gasteiger partial charge in [-0.2, -0.15) is 0 Å². The van der Waals surface area contributed by atoms with Crippen LogP contribution < -0.4 is 10.9 Å². The van der Waals surface area contributed by atoms with Gasteiger partial charge in [0.2, 0.25) is 5.91 Å². The number of fused-ring (bicyclic) bond motifs is 1. The number of allylic oxidation sites excluding steroid dienone is 1. The van der Waals surface area contributed by atoms with E-state index < -0.39 is 0 Å². The quantitative estimate of drug-likeness (QED) is 0.160. The number of benzene rings is 1. The lowest BCUT2D eigenvalue weighted by molar-refractivity contribution is -0.113. The number of carbonyl (C=O) groups is 2. The van der Waals surface area contributed by atoms with Crippen LogP contribution in [-0.2, 0) is 11.3 Å². The van der Waals surface area contributed by atoms with Crippen molar-refractivity contribution in [2.24, 2.45) is 0 Å². The zero-order valence-electron chi connectivity index (χ0n) is 17.2. The fourth-order valence-corrected chi connectivity index (χ4v) is 5.85. The summed E-state index contributed by atoms with van der Waals surface area (Å²) < 4.78 is 1.54. The maximum atomic E-state index is 13.3. The summed E-state index contributed by atoms with van der Waals surface area (Å²) in [6, 6.07) is 10.8. The largest absolute Gasteiger partial charge is 0.325 e. The van der Waals surface area contributed by atoms with Crippen LogP contribution >= 0.6 is 34.4 Å². The van der Waals surface area contributed by atoms with Crippen molar-refractivity contribution in [1.82, 2.24) is 9.55 Å². The third-order valence-corrected chi connectivity index (χ3v) is 7.42. The number of Topliss-reactive ketones (excluding diaryl/α,β-unsaturated/α-hetero) is 1. The molecule has 0 saturated heterocycles. The molecule has 6 nitrogen and oxygen atoms in total. The van der Waals surface area contributed by atoms with Gasteiger partial charge in [-0.1, -0.05) is 36.0 Å². The molecule has 3 heterocycles. The van der Waals surface area contributed by atoms with Crippen molar-refractivity contribution in [3.63, 3.8) is 0 Å². The summed E-state index contributed by atoms with van der Waals surface area (Å²) in [6.45, 7) is 5.50. The molecular weight excluding hydrogens is 462 g/mol. The second-order valence-corrected chi connectivity index (χ2v) is 9.59. The summed E-state index contributed by atoms with van der Waals surface area (Å²) in [5.41, 5.74) is 1.65. The smallest absolute Gasteiger partial charge is 0.263 e. The lowest BCUT2D eigenvalue weighted by atomic mass is 10.1. The minimum atomic E-state index is -0.284. The third kappa shape index (κ3) is 4.45. The van der Waals surface area contributed by atoms with E-state index in [2.05, 4.69) is 16.9 Å². The first-order chi connectivity index (χ1) is 15.5. The molecule has 3 aromatic heterocycles. The van der Waals surface area contributed by atoms with Crippen molar-refractivity contribution >= 4 is 62.0 Å². The predicted octanol–water partition coefficient (Wildman–Crippen LogP) is 5.31. The van der Waals surface area contributed by atoms with Crippen LogP contribution in [0.3, 0.4) is 0 Å². The fraction of sp³-hybridized carbons (Fsp3) is 0.130. The summed E-state index contributed by atoms with van der Waals surface area (Å²) in [7, 11) is 0. The molecule has 4 rings (SSSR count). The Balaban J connectivity index is 1.61. The molecule has 0 aliphatic rings. The standard InChI is InChI=1S/C23H19N3O3S3/c1-3-10-26-22(29)20-16(18-9-6-11-30-18)12-31-21(20)25-23(26)32-13-19(28)24-17-8-5-4-7-15(17)14(2)27/h3-9,11-12H,1,10,13H2,2H3,(H,24,28). The van der Waals surface area contributed by atoms with Crippen LogP contribution in [0.25, 0.3) is 20.7 Å². The van der Waals surface area contributed by atoms with Crippen molar-refractivity contribution in [2.45, 2.75) is 18.6 Å². The first kappa shape index (κ1) is 22.2. The third-order valence-electron chi connectivity index (χ3n) is 4.67. The molecule has 0 aliphatic carbocycles. The molecule has 32 heavy (non-hydrogen) atoms. The zero-order chi connectivity index (χ0) is 22.7. The van der Waals surface area contributed by atoms with E-state index >= 15 is 0 Å². The number of nitrogens with zero attached hydrogens (tertiary/aromatic N) is 2. The predicted molar refractivity (Wildman–Crippen MR) is 133 cm³/mol. The number of amides is 1. The lowest BCUT2D eigenvalue weighted by Gasteiger charge is -2.11. The highest BCUT2D eigenvalue weighted by atomic mass is 32.2. The molecule has 0 saturated carbocycles. The van der Waals surface area contributed by atoms with Crippen molar-refractivity contribution < 1.29 is 9.59 Å². The molecule has 4 aromatic rings. The maximum absolute atomic E-state index is 13.3. The summed E-state index contributed by atoms with van der Waals surface area (Å²) in [5, 5.41) is 7.74. The molecule has 0 fully saturated rings. The highest BCUT2D eigenvalue weighted by Crippen LogP contribution is 2.34. The number of ketones is 1. The number of hydrogen-bond donors (Lipinski definition) is 1. The van der Waals surface area contributed by atoms with Crippen LogP contribution in [0.1, 0.15) is 17.3 Å². The number of hydrogen-bond acceptors (Lipinski definition) is 7. The van der Waals surface area contributed by atoms with E-state index in [0.29, 0.717) is 33.2 Å². The second kappa shape index (κ2) is 9.64. The van der Waals surface area contributed by atoms with Gasteiger partial charge in [-0.3, -0.25) is 19.0 Å². The van der Waals surface area contributed by atoms with Crippen LogP contribution in [0.15, 0.2) is 69.8 Å². The minimum absolute atomic E-state index is 0.0461. The van der Waals surface area contributed by atoms with E-state index in [1.165, 1.54) is 30.0 Å². The normalized spacial score (nSPS) is 10.9. The Labute approximate surface area is 196 Å². The summed E-state index contributed by atoms with van der Waals surface area (Å²) in [5.74, 6) is -0.363. The number of rotatable bonds is 8. The van der Waals surface area contributed by atoms with Crippen molar-refractivity contribution in [3.8, 4) is 10.4 Å². The molecule has 162 valence electrons. The molecule has 1 aromatic carbocycles. The van der Waals surface area contributed by atoms with Gasteiger partial charge in [-0.15, -0.1) is 29.3 Å². The van der Waals surface area contributed by atoms with Crippen molar-refractivity contribution in [3.05, 3.63) is 75.7 Å². The Hall–Kier alpha value is -3.01. The van der Waals surface area contributed by atoms with E-state index in [4.69, 9.17) is 0 Å². The number of aromatic nitrogens is 2. The minimum Gasteiger partial charge on any atom is -0.325 e. The fourth-order valence-electron chi connectivity index (χ4n) is 3.23. The van der Waals surface area contributed by atoms with Gasteiger partial charge in [0.25, 0.3) is 5.56 Å². The molecule has 1 N–H and O–H groups in total. The van der Waals surface area contributed by atoms with Gasteiger partial charge < -0.3 is 5.32 Å². The first-order valence-corrected chi connectivity index (χ1v) is 12.4. The summed E-state index contributed by atoms with van der Waals surface area (Å²) >= 11 is 4.17. The van der Waals surface area contributed by atoms with Gasteiger partial charge in [0, 0.05) is 27.9 Å². The van der Waals surface area contributed by atoms with Gasteiger partial charge in [0.15, 0.2) is 10.9 Å². The van der Waals surface area contributed by atoms with Crippen molar-refractivity contribution in [2.75, 3.05) is 11.1 Å². The Morgan fingerprint density at radius 2 is 2.03 bits per heavy atom. The van der Waals surface area contributed by atoms with E-state index in [0.717, 1.165) is 10.4 Å². The Morgan fingerprint density at radius 1 is 1.22 bits per heavy atom. The second-order valence-electron chi connectivity index (χ2n) is 6.84. The van der Waals surface area contributed by atoms with Gasteiger partial charge in [-0.25, -0.2) is 4.98 Å². The van der Waals surface area contributed by atoms with Crippen LogP contribution in [0, 0.1) is 0 Å². The monoisotopic (exact) mass is 481 g/mol. The average molecular weight is 482 g/mol. The van der Waals surface area contributed by atoms with Crippen LogP contribution in [-0.4, -0.2) is 27.0 Å². The molecule has 0 unspecified atom stereocenters. The van der Waals surface area contributed by atoms with Gasteiger partial charge in [0.1, 0.15) is 4.83 Å². The summed E-state index contributed by atoms with van der Waals surface area (Å²) in [6.07, 6.45) is 1.64. The van der Waals surface area contributed by atoms with E-state index in [1.807, 2.05) is 22.9 Å². The molecule has 0 radical (unpaired) electrons. The number of anilines is 1. The molecule has 0 atom stereocenters. The zero-order valence-corrected chi connectivity index (χ0v) is 19.6. The summed E-state index contributed by atoms with van der Waals surface area (Å²) in [4.78, 5) is 44.0. The average Bonchev–Trinajstić information content (AvgIpc) is 3.44. The highest BCUT2D eigenvalue weighted by Gasteiger charge is 2.18. The van der Waals surface area contributed by atoms with Crippen LogP contribution in [0.2, 0.25) is 0 Å². The highest BCUT2D eigenvalue weighted by molar-refractivity contribution is 7.99. The van der Waals surface area contributed by atoms with Crippen LogP contribution in [0.4, 0.5) is 5.69 Å². The molecule has 1 amide bonds. The number of carbonyl (C=O) groups excluding carboxylic acids is 2. The van der Waals surface area contributed by atoms with Crippen LogP contribution in [0.5, 0.6) is 0 Å². The van der Waals surface area contributed by atoms with Gasteiger partial charge in [0.05, 0.1) is 16.8 Å². The Kier molecular flexibility index (Phi) is 6.69. The maximum Gasteiger partial charge on any atom is 0.263 e. The molecule has 9 heteroatoms. The SMILES string of the molecule is C=CCn1c(SCC(=O)Nc2ccccc2C(C)=O)nc2scc(-c3cccs3)c2c1=O. The molecule has 0 aliphatic heterocycles. The molecule has 0 spiro atoms. The topological polar surface area (TPSA) is 81.1 Å². The van der Waals surface area contributed by atoms with E-state index in [1.54, 1.807) is 46.2 Å². The Bertz CT molecular complexity index is 1370. The van der Waals surface area contributed by atoms with Crippen molar-refractivity contribution in [1.29, 1.82) is 0 Å². The molecule has 0 bridgehead atoms. The van der Waals surface area contributed by atoms with E-state index in [-0.39, 0.29) is 23.0 Å².